The number of ketones is 1. The van der Waals surface area contributed by atoms with E-state index in [0.29, 0.717) is 28.1 Å². The minimum Gasteiger partial charge on any atom is -0.313 e. The predicted octanol–water partition coefficient (Wildman–Crippen LogP) is 4.84. The van der Waals surface area contributed by atoms with Gasteiger partial charge < -0.3 is 5.32 Å². The molecule has 3 heterocycles. The molecular formula is C19H15F4N3OS2. The van der Waals surface area contributed by atoms with Crippen LogP contribution in [0.15, 0.2) is 41.4 Å². The standard InChI is InChI=1S/C19H15F4N3OS2/c20-18(7-8-24-10-18)15-6-5-14(29-15)13(27)9-28-16-11-3-1-2-4-12(11)25-17(26-16)19(21,22)23/h1-6,24H,7-10H2. The van der Waals surface area contributed by atoms with Gasteiger partial charge in [-0.2, -0.15) is 13.2 Å². The highest BCUT2D eigenvalue weighted by molar-refractivity contribution is 8.00. The number of carbonyl (C=O) groups excluding carboxylic acids is 1. The molecule has 1 saturated heterocycles. The number of hydrogen-bond donors (Lipinski definition) is 1. The fourth-order valence-corrected chi connectivity index (χ4v) is 5.14. The lowest BCUT2D eigenvalue weighted by Crippen LogP contribution is -2.21. The number of carbonyl (C=O) groups is 1. The normalized spacial score (nSPS) is 19.7. The number of para-hydroxylation sites is 1. The van der Waals surface area contributed by atoms with E-state index in [0.717, 1.165) is 23.1 Å². The minimum atomic E-state index is -4.68. The highest BCUT2D eigenvalue weighted by atomic mass is 32.2. The lowest BCUT2D eigenvalue weighted by Gasteiger charge is -2.15. The van der Waals surface area contributed by atoms with Gasteiger partial charge in [0.2, 0.25) is 5.82 Å². The molecule has 4 rings (SSSR count). The Morgan fingerprint density at radius 3 is 2.72 bits per heavy atom. The minimum absolute atomic E-state index is 0.0926. The van der Waals surface area contributed by atoms with E-state index in [4.69, 9.17) is 0 Å². The molecule has 0 saturated carbocycles. The zero-order valence-corrected chi connectivity index (χ0v) is 16.6. The molecule has 1 aliphatic rings. The first-order valence-electron chi connectivity index (χ1n) is 8.76. The molecule has 0 radical (unpaired) electrons. The van der Waals surface area contributed by atoms with Gasteiger partial charge in [-0.1, -0.05) is 30.0 Å². The molecule has 1 aromatic carbocycles. The number of hydrogen-bond acceptors (Lipinski definition) is 6. The maximum Gasteiger partial charge on any atom is 0.451 e. The largest absolute Gasteiger partial charge is 0.451 e. The van der Waals surface area contributed by atoms with Gasteiger partial charge in [-0.25, -0.2) is 14.4 Å². The number of Topliss-reactive ketones (excluding diaryl/α,β-unsaturated/α-hetero) is 1. The third-order valence-corrected chi connectivity index (χ3v) is 6.88. The monoisotopic (exact) mass is 441 g/mol. The van der Waals surface area contributed by atoms with E-state index in [9.17, 15) is 22.4 Å². The summed E-state index contributed by atoms with van der Waals surface area (Å²) in [6.07, 6.45) is -4.33. The lowest BCUT2D eigenvalue weighted by molar-refractivity contribution is -0.145. The summed E-state index contributed by atoms with van der Waals surface area (Å²) in [5, 5.41) is 3.51. The van der Waals surface area contributed by atoms with Gasteiger partial charge in [0.25, 0.3) is 0 Å². The van der Waals surface area contributed by atoms with E-state index < -0.39 is 17.7 Å². The molecule has 10 heteroatoms. The molecule has 0 bridgehead atoms. The number of benzene rings is 1. The van der Waals surface area contributed by atoms with Crippen LogP contribution in [-0.2, 0) is 11.8 Å². The van der Waals surface area contributed by atoms with Crippen LogP contribution in [0.25, 0.3) is 10.9 Å². The summed E-state index contributed by atoms with van der Waals surface area (Å²) < 4.78 is 54.1. The molecule has 1 unspecified atom stereocenters. The van der Waals surface area contributed by atoms with Crippen LogP contribution in [0.1, 0.15) is 26.8 Å². The fraction of sp³-hybridized carbons (Fsp3) is 0.316. The third-order valence-electron chi connectivity index (χ3n) is 4.59. The van der Waals surface area contributed by atoms with Crippen molar-refractivity contribution in [2.45, 2.75) is 23.3 Å². The van der Waals surface area contributed by atoms with Crippen molar-refractivity contribution in [2.24, 2.45) is 0 Å². The Morgan fingerprint density at radius 2 is 2.00 bits per heavy atom. The van der Waals surface area contributed by atoms with Crippen molar-refractivity contribution in [3.05, 3.63) is 52.0 Å². The molecule has 4 nitrogen and oxygen atoms in total. The predicted molar refractivity (Wildman–Crippen MR) is 104 cm³/mol. The maximum atomic E-state index is 14.8. The molecule has 0 spiro atoms. The molecule has 0 amide bonds. The second kappa shape index (κ2) is 7.66. The molecular weight excluding hydrogens is 426 g/mol. The van der Waals surface area contributed by atoms with Gasteiger partial charge in [0.15, 0.2) is 11.5 Å². The van der Waals surface area contributed by atoms with Gasteiger partial charge >= 0.3 is 6.18 Å². The smallest absolute Gasteiger partial charge is 0.313 e. The number of alkyl halides is 4. The lowest BCUT2D eigenvalue weighted by atomic mass is 10.0. The Bertz CT molecular complexity index is 1060. The van der Waals surface area contributed by atoms with E-state index >= 15 is 0 Å². The quantitative estimate of drug-likeness (QED) is 0.266. The summed E-state index contributed by atoms with van der Waals surface area (Å²) >= 11 is 2.02. The van der Waals surface area contributed by atoms with Crippen LogP contribution in [0, 0.1) is 0 Å². The van der Waals surface area contributed by atoms with Crippen LogP contribution in [0.2, 0.25) is 0 Å². The average Bonchev–Trinajstić information content (AvgIpc) is 3.35. The zero-order chi connectivity index (χ0) is 20.6. The van der Waals surface area contributed by atoms with Crippen molar-refractivity contribution in [2.75, 3.05) is 18.8 Å². The molecule has 1 atom stereocenters. The summed E-state index contributed by atoms with van der Waals surface area (Å²) in [4.78, 5) is 20.6. The number of thioether (sulfide) groups is 1. The molecule has 1 N–H and O–H groups in total. The molecule has 152 valence electrons. The number of thiophene rings is 1. The van der Waals surface area contributed by atoms with Crippen LogP contribution in [-0.4, -0.2) is 34.6 Å². The molecule has 3 aromatic rings. The molecule has 1 fully saturated rings. The van der Waals surface area contributed by atoms with Crippen LogP contribution in [0.4, 0.5) is 17.6 Å². The van der Waals surface area contributed by atoms with Gasteiger partial charge in [-0.3, -0.25) is 4.79 Å². The Hall–Kier alpha value is -2.04. The maximum absolute atomic E-state index is 14.8. The first kappa shape index (κ1) is 20.2. The SMILES string of the molecule is O=C(CSc1nc(C(F)(F)F)nc2ccccc12)c1ccc(C2(F)CCNC2)s1. The van der Waals surface area contributed by atoms with Crippen molar-refractivity contribution < 1.29 is 22.4 Å². The average molecular weight is 441 g/mol. The summed E-state index contributed by atoms with van der Waals surface area (Å²) in [6.45, 7) is 0.791. The van der Waals surface area contributed by atoms with E-state index in [2.05, 4.69) is 15.3 Å². The van der Waals surface area contributed by atoms with Crippen molar-refractivity contribution in [1.29, 1.82) is 0 Å². The number of aromatic nitrogens is 2. The zero-order valence-electron chi connectivity index (χ0n) is 14.9. The Morgan fingerprint density at radius 1 is 1.21 bits per heavy atom. The van der Waals surface area contributed by atoms with E-state index in [1.165, 1.54) is 6.07 Å². The Kier molecular flexibility index (Phi) is 5.34. The first-order chi connectivity index (χ1) is 13.8. The van der Waals surface area contributed by atoms with Crippen LogP contribution >= 0.6 is 23.1 Å². The second-order valence-electron chi connectivity index (χ2n) is 6.64. The van der Waals surface area contributed by atoms with Crippen LogP contribution in [0.5, 0.6) is 0 Å². The van der Waals surface area contributed by atoms with Crippen LogP contribution < -0.4 is 5.32 Å². The molecule has 0 aliphatic carbocycles. The number of fused-ring (bicyclic) bond motifs is 1. The number of rotatable bonds is 5. The van der Waals surface area contributed by atoms with Crippen molar-refractivity contribution in [1.82, 2.24) is 15.3 Å². The highest BCUT2D eigenvalue weighted by Gasteiger charge is 2.37. The van der Waals surface area contributed by atoms with Gasteiger partial charge in [0.1, 0.15) is 5.03 Å². The topological polar surface area (TPSA) is 54.9 Å². The summed E-state index contributed by atoms with van der Waals surface area (Å²) in [5.74, 6) is -1.62. The summed E-state index contributed by atoms with van der Waals surface area (Å²) in [6, 6.07) is 9.53. The number of halogens is 4. The third kappa shape index (κ3) is 4.15. The van der Waals surface area contributed by atoms with Crippen LogP contribution in [0.3, 0.4) is 0 Å². The fourth-order valence-electron chi connectivity index (χ4n) is 3.09. The first-order valence-corrected chi connectivity index (χ1v) is 10.6. The molecule has 1 aliphatic heterocycles. The number of nitrogens with zero attached hydrogens (tertiary/aromatic N) is 2. The van der Waals surface area contributed by atoms with Crippen molar-refractivity contribution in [3.8, 4) is 0 Å². The molecule has 2 aromatic heterocycles. The Balaban J connectivity index is 1.55. The van der Waals surface area contributed by atoms with Gasteiger partial charge in [0, 0.05) is 23.2 Å². The van der Waals surface area contributed by atoms with Gasteiger partial charge in [-0.15, -0.1) is 11.3 Å². The van der Waals surface area contributed by atoms with E-state index in [1.54, 1.807) is 30.3 Å². The van der Waals surface area contributed by atoms with Gasteiger partial charge in [-0.05, 0) is 24.7 Å². The van der Waals surface area contributed by atoms with E-state index in [-0.39, 0.29) is 28.6 Å². The second-order valence-corrected chi connectivity index (χ2v) is 8.68. The molecule has 29 heavy (non-hydrogen) atoms. The Labute approximate surface area is 171 Å². The van der Waals surface area contributed by atoms with Crippen molar-refractivity contribution >= 4 is 39.8 Å². The highest BCUT2D eigenvalue weighted by Crippen LogP contribution is 2.37. The summed E-state index contributed by atoms with van der Waals surface area (Å²) in [5.41, 5.74) is -1.31. The number of nitrogens with one attached hydrogen (secondary N) is 1. The van der Waals surface area contributed by atoms with Crippen molar-refractivity contribution in [3.63, 3.8) is 0 Å². The van der Waals surface area contributed by atoms with Gasteiger partial charge in [0.05, 0.1) is 16.1 Å². The van der Waals surface area contributed by atoms with E-state index in [1.807, 2.05) is 0 Å². The summed E-state index contributed by atoms with van der Waals surface area (Å²) in [7, 11) is 0.